The molecule has 0 unspecified atom stereocenters. The van der Waals surface area contributed by atoms with E-state index in [0.29, 0.717) is 28.6 Å². The summed E-state index contributed by atoms with van der Waals surface area (Å²) in [6, 6.07) is 12.0. The largest absolute Gasteiger partial charge is 0.508 e. The van der Waals surface area contributed by atoms with E-state index >= 15 is 0 Å². The molecule has 2 aromatic carbocycles. The van der Waals surface area contributed by atoms with Gasteiger partial charge in [0.25, 0.3) is 0 Å². The Morgan fingerprint density at radius 2 is 0.976 bits per heavy atom. The maximum Gasteiger partial charge on any atom is 0.399 e. The van der Waals surface area contributed by atoms with Crippen LogP contribution in [0.3, 0.4) is 0 Å². The minimum atomic E-state index is -4.58. The molecule has 2 N–H and O–H groups in total. The van der Waals surface area contributed by atoms with E-state index in [2.05, 4.69) is 31.1 Å². The highest BCUT2D eigenvalue weighted by Gasteiger charge is 2.32. The van der Waals surface area contributed by atoms with Crippen LogP contribution in [0.4, 0.5) is 26.3 Å². The number of phenolic OH excluding ortho intramolecular Hbond substituents is 1. The molecule has 7 nitrogen and oxygen atoms in total. The predicted molar refractivity (Wildman–Crippen MR) is 138 cm³/mol. The summed E-state index contributed by atoms with van der Waals surface area (Å²) in [5.74, 6) is -1.03. The van der Waals surface area contributed by atoms with Crippen molar-refractivity contribution < 1.29 is 60.4 Å². The lowest BCUT2D eigenvalue weighted by molar-refractivity contribution is -0.167. The van der Waals surface area contributed by atoms with Crippen molar-refractivity contribution in [2.24, 2.45) is 0 Å². The third-order valence-corrected chi connectivity index (χ3v) is 4.02. The normalized spacial score (nSPS) is 10.4. The minimum absolute atomic E-state index is 0.00698. The molecular formula is C28H28F6O7. The number of allylic oxidation sites excluding steroid dienone is 2. The molecule has 0 bridgehead atoms. The predicted octanol–water partition coefficient (Wildman–Crippen LogP) is 7.90. The van der Waals surface area contributed by atoms with Crippen LogP contribution in [-0.4, -0.2) is 34.5 Å². The number of ether oxygens (including phenoxy) is 3. The first-order valence-electron chi connectivity index (χ1n) is 11.2. The zero-order valence-electron chi connectivity index (χ0n) is 22.1. The number of carboxylic acids is 1. The third kappa shape index (κ3) is 19.1. The smallest absolute Gasteiger partial charge is 0.399 e. The molecule has 0 radical (unpaired) electrons. The SMILES string of the molecule is C=C(C)C(=C)Oc1ccc(O)cc1.C=C(C)C(=C)Oc1ccc(OC(=O)CC(F)(F)F)cc1.O=C(O)CC(F)(F)F. The molecule has 0 heterocycles. The molecule has 0 amide bonds. The number of hydrogen-bond acceptors (Lipinski definition) is 6. The van der Waals surface area contributed by atoms with Crippen molar-refractivity contribution in [2.75, 3.05) is 0 Å². The molecule has 41 heavy (non-hydrogen) atoms. The molecular weight excluding hydrogens is 562 g/mol. The zero-order valence-corrected chi connectivity index (χ0v) is 22.1. The van der Waals surface area contributed by atoms with Crippen LogP contribution >= 0.6 is 0 Å². The van der Waals surface area contributed by atoms with E-state index in [1.807, 2.05) is 6.92 Å². The highest BCUT2D eigenvalue weighted by molar-refractivity contribution is 5.73. The Morgan fingerprint density at radius 3 is 1.24 bits per heavy atom. The Bertz CT molecular complexity index is 1210. The van der Waals surface area contributed by atoms with Gasteiger partial charge in [-0.25, -0.2) is 0 Å². The van der Waals surface area contributed by atoms with Crippen LogP contribution in [-0.2, 0) is 9.59 Å². The highest BCUT2D eigenvalue weighted by Crippen LogP contribution is 2.24. The van der Waals surface area contributed by atoms with Crippen LogP contribution in [0.1, 0.15) is 26.7 Å². The topological polar surface area (TPSA) is 102 Å². The maximum absolute atomic E-state index is 12.0. The van der Waals surface area contributed by atoms with E-state index < -0.39 is 37.1 Å². The average Bonchev–Trinajstić information content (AvgIpc) is 2.79. The first-order chi connectivity index (χ1) is 18.7. The van der Waals surface area contributed by atoms with E-state index in [4.69, 9.17) is 19.7 Å². The van der Waals surface area contributed by atoms with Gasteiger partial charge < -0.3 is 24.4 Å². The van der Waals surface area contributed by atoms with E-state index in [9.17, 15) is 35.9 Å². The zero-order chi connectivity index (χ0) is 32.0. The molecule has 0 aliphatic rings. The first-order valence-corrected chi connectivity index (χ1v) is 11.2. The molecule has 0 fully saturated rings. The molecule has 224 valence electrons. The fourth-order valence-electron chi connectivity index (χ4n) is 2.05. The molecule has 13 heteroatoms. The number of aliphatic carboxylic acids is 1. The van der Waals surface area contributed by atoms with Gasteiger partial charge in [-0.3, -0.25) is 9.59 Å². The Balaban J connectivity index is 0.000000652. The molecule has 2 rings (SSSR count). The lowest BCUT2D eigenvalue weighted by Crippen LogP contribution is -2.19. The van der Waals surface area contributed by atoms with Crippen LogP contribution in [0.5, 0.6) is 23.0 Å². The second kappa shape index (κ2) is 16.4. The van der Waals surface area contributed by atoms with E-state index in [-0.39, 0.29) is 11.5 Å². The second-order valence-corrected chi connectivity index (χ2v) is 8.03. The van der Waals surface area contributed by atoms with Gasteiger partial charge in [-0.2, -0.15) is 26.3 Å². The molecule has 2 aromatic rings. The van der Waals surface area contributed by atoms with Crippen molar-refractivity contribution in [2.45, 2.75) is 39.0 Å². The number of halogens is 6. The number of esters is 1. The van der Waals surface area contributed by atoms with E-state index in [1.165, 1.54) is 24.3 Å². The lowest BCUT2D eigenvalue weighted by Gasteiger charge is -2.09. The summed E-state index contributed by atoms with van der Waals surface area (Å²) < 4.78 is 83.8. The van der Waals surface area contributed by atoms with Gasteiger partial charge >= 0.3 is 24.3 Å². The summed E-state index contributed by atoms with van der Waals surface area (Å²) in [7, 11) is 0. The average molecular weight is 591 g/mol. The molecule has 0 atom stereocenters. The van der Waals surface area contributed by atoms with Crippen LogP contribution in [0.2, 0.25) is 0 Å². The number of hydrogen-bond donors (Lipinski definition) is 2. The van der Waals surface area contributed by atoms with Crippen LogP contribution < -0.4 is 14.2 Å². The number of carboxylic acid groups (broad SMARTS) is 1. The van der Waals surface area contributed by atoms with Crippen LogP contribution in [0, 0.1) is 0 Å². The summed E-state index contributed by atoms with van der Waals surface area (Å²) in [5.41, 5.74) is 1.43. The fraction of sp³-hybridized carbons (Fsp3) is 0.214. The quantitative estimate of drug-likeness (QED) is 0.101. The number of carbonyl (C=O) groups is 2. The lowest BCUT2D eigenvalue weighted by atomic mass is 10.3. The number of carbonyl (C=O) groups excluding carboxylic acids is 1. The number of rotatable bonds is 9. The van der Waals surface area contributed by atoms with Crippen LogP contribution in [0.25, 0.3) is 0 Å². The van der Waals surface area contributed by atoms with Crippen LogP contribution in [0.15, 0.2) is 97.5 Å². The van der Waals surface area contributed by atoms with Crippen molar-refractivity contribution >= 4 is 11.9 Å². The van der Waals surface area contributed by atoms with Gasteiger partial charge in [-0.05, 0) is 73.5 Å². The van der Waals surface area contributed by atoms with Gasteiger partial charge in [0.1, 0.15) is 47.4 Å². The monoisotopic (exact) mass is 590 g/mol. The van der Waals surface area contributed by atoms with Crippen molar-refractivity contribution in [1.29, 1.82) is 0 Å². The first kappa shape index (κ1) is 36.3. The molecule has 0 aliphatic heterocycles. The number of aromatic hydroxyl groups is 1. The summed E-state index contributed by atoms with van der Waals surface area (Å²) in [6.07, 6.45) is -12.5. The Kier molecular flexibility index (Phi) is 14.6. The molecule has 0 saturated carbocycles. The number of phenols is 1. The van der Waals surface area contributed by atoms with Crippen molar-refractivity contribution in [3.05, 3.63) is 97.5 Å². The van der Waals surface area contributed by atoms with Crippen molar-refractivity contribution in [3.63, 3.8) is 0 Å². The third-order valence-electron chi connectivity index (χ3n) is 4.02. The standard InChI is InChI=1S/C14H13F3O3.C11H12O2.C3H3F3O2/c1-9(2)10(3)19-11-4-6-12(7-5-11)20-13(18)8-14(15,16)17;1-8(2)9(3)13-11-6-4-10(12)5-7-11;4-3(5,6)1-2(7)8/h4-7H,1,3,8H2,2H3;4-7,12H,1,3H2,2H3;1H2,(H,7,8). The van der Waals surface area contributed by atoms with Gasteiger partial charge in [0.15, 0.2) is 0 Å². The highest BCUT2D eigenvalue weighted by atomic mass is 19.4. The summed E-state index contributed by atoms with van der Waals surface area (Å²) >= 11 is 0. The van der Waals surface area contributed by atoms with Crippen molar-refractivity contribution in [1.82, 2.24) is 0 Å². The molecule has 0 aromatic heterocycles. The fourth-order valence-corrected chi connectivity index (χ4v) is 2.05. The molecule has 0 aliphatic carbocycles. The Labute approximate surface area is 232 Å². The van der Waals surface area contributed by atoms with Gasteiger partial charge in [0, 0.05) is 0 Å². The van der Waals surface area contributed by atoms with E-state index in [0.717, 1.165) is 5.57 Å². The Morgan fingerprint density at radius 1 is 0.659 bits per heavy atom. The maximum atomic E-state index is 12.0. The number of alkyl halides is 6. The minimum Gasteiger partial charge on any atom is -0.508 e. The summed E-state index contributed by atoms with van der Waals surface area (Å²) in [6.45, 7) is 18.2. The molecule has 0 saturated heterocycles. The second-order valence-electron chi connectivity index (χ2n) is 8.03. The Hall–Kier alpha value is -4.68. The number of benzene rings is 2. The summed E-state index contributed by atoms with van der Waals surface area (Å²) in [4.78, 5) is 20.3. The van der Waals surface area contributed by atoms with Gasteiger partial charge in [0.2, 0.25) is 0 Å². The van der Waals surface area contributed by atoms with E-state index in [1.54, 1.807) is 31.2 Å². The molecule has 0 spiro atoms. The van der Waals surface area contributed by atoms with Gasteiger partial charge in [-0.15, -0.1) is 0 Å². The van der Waals surface area contributed by atoms with Crippen molar-refractivity contribution in [3.8, 4) is 23.0 Å². The summed E-state index contributed by atoms with van der Waals surface area (Å²) in [5, 5.41) is 16.5. The van der Waals surface area contributed by atoms with Gasteiger partial charge in [0.05, 0.1) is 0 Å². The van der Waals surface area contributed by atoms with Gasteiger partial charge in [-0.1, -0.05) is 26.3 Å².